The zero-order valence-corrected chi connectivity index (χ0v) is 16.4. The van der Waals surface area contributed by atoms with Crippen LogP contribution in [0.1, 0.15) is 40.2 Å². The largest absolute Gasteiger partial charge is 0.442 e. The summed E-state index contributed by atoms with van der Waals surface area (Å²) >= 11 is 0. The average molecular weight is 387 g/mol. The summed E-state index contributed by atoms with van der Waals surface area (Å²) in [4.78, 5) is 25.3. The van der Waals surface area contributed by atoms with Gasteiger partial charge in [-0.25, -0.2) is 4.98 Å². The van der Waals surface area contributed by atoms with Gasteiger partial charge >= 0.3 is 0 Å². The highest BCUT2D eigenvalue weighted by molar-refractivity contribution is 6.04. The standard InChI is InChI=1S/C22H21N5O2/c1-13-7-17(10-18(8-13)26-21(28)16-5-4-6-23-11-16)15(3)25-20-12-24-19-9-14(2)29-22(19)27-20/h4-12,15H,1-3H3,(H,25,27)(H,26,28)/t15-/m0/s1. The van der Waals surface area contributed by atoms with Gasteiger partial charge in [0.05, 0.1) is 17.8 Å². The van der Waals surface area contributed by atoms with Crippen LogP contribution in [0.25, 0.3) is 11.2 Å². The van der Waals surface area contributed by atoms with Crippen molar-refractivity contribution in [2.24, 2.45) is 0 Å². The second kappa shape index (κ2) is 7.71. The van der Waals surface area contributed by atoms with Crippen molar-refractivity contribution in [1.29, 1.82) is 0 Å². The molecule has 0 aliphatic carbocycles. The number of nitrogens with one attached hydrogen (secondary N) is 2. The third-order valence-corrected chi connectivity index (χ3v) is 4.51. The van der Waals surface area contributed by atoms with Crippen molar-refractivity contribution >= 4 is 28.6 Å². The summed E-state index contributed by atoms with van der Waals surface area (Å²) in [5.74, 6) is 1.21. The van der Waals surface area contributed by atoms with Crippen LogP contribution in [0.15, 0.2) is 59.4 Å². The topological polar surface area (TPSA) is 92.9 Å². The van der Waals surface area contributed by atoms with Crippen molar-refractivity contribution in [3.8, 4) is 0 Å². The molecular weight excluding hydrogens is 366 g/mol. The van der Waals surface area contributed by atoms with Crippen LogP contribution in [-0.4, -0.2) is 20.9 Å². The molecule has 7 nitrogen and oxygen atoms in total. The first kappa shape index (κ1) is 18.6. The van der Waals surface area contributed by atoms with E-state index in [1.165, 1.54) is 0 Å². The van der Waals surface area contributed by atoms with Crippen molar-refractivity contribution in [1.82, 2.24) is 15.0 Å². The predicted octanol–water partition coefficient (Wildman–Crippen LogP) is 4.66. The number of carbonyl (C=O) groups excluding carboxylic acids is 1. The number of anilines is 2. The molecule has 0 bridgehead atoms. The predicted molar refractivity (Wildman–Crippen MR) is 112 cm³/mol. The summed E-state index contributed by atoms with van der Waals surface area (Å²) in [6, 6.07) is 11.2. The van der Waals surface area contributed by atoms with E-state index in [4.69, 9.17) is 4.42 Å². The molecular formula is C22H21N5O2. The summed E-state index contributed by atoms with van der Waals surface area (Å²) in [6.45, 7) is 5.89. The molecule has 4 aromatic rings. The van der Waals surface area contributed by atoms with E-state index in [-0.39, 0.29) is 11.9 Å². The molecule has 0 aliphatic heterocycles. The third-order valence-electron chi connectivity index (χ3n) is 4.51. The van der Waals surface area contributed by atoms with Gasteiger partial charge in [0.1, 0.15) is 17.1 Å². The van der Waals surface area contributed by atoms with Gasteiger partial charge in [0, 0.05) is 24.1 Å². The highest BCUT2D eigenvalue weighted by Crippen LogP contribution is 2.24. The summed E-state index contributed by atoms with van der Waals surface area (Å²) in [5, 5.41) is 6.28. The molecule has 0 radical (unpaired) electrons. The number of hydrogen-bond acceptors (Lipinski definition) is 6. The van der Waals surface area contributed by atoms with E-state index in [1.807, 2.05) is 39.0 Å². The Morgan fingerprint density at radius 2 is 2.00 bits per heavy atom. The van der Waals surface area contributed by atoms with E-state index in [2.05, 4.69) is 31.7 Å². The molecule has 0 unspecified atom stereocenters. The number of rotatable bonds is 5. The lowest BCUT2D eigenvalue weighted by atomic mass is 10.0. The second-order valence-electron chi connectivity index (χ2n) is 7.00. The molecule has 0 saturated heterocycles. The smallest absolute Gasteiger partial charge is 0.257 e. The van der Waals surface area contributed by atoms with Crippen LogP contribution in [0.2, 0.25) is 0 Å². The lowest BCUT2D eigenvalue weighted by molar-refractivity contribution is 0.102. The third kappa shape index (κ3) is 4.24. The van der Waals surface area contributed by atoms with E-state index in [0.717, 1.165) is 28.1 Å². The van der Waals surface area contributed by atoms with E-state index in [9.17, 15) is 4.79 Å². The van der Waals surface area contributed by atoms with Gasteiger partial charge in [-0.05, 0) is 56.2 Å². The Labute approximate surface area is 168 Å². The lowest BCUT2D eigenvalue weighted by Crippen LogP contribution is -2.13. The molecule has 1 amide bonds. The molecule has 7 heteroatoms. The average Bonchev–Trinajstić information content (AvgIpc) is 3.07. The second-order valence-corrected chi connectivity index (χ2v) is 7.00. The first-order valence-corrected chi connectivity index (χ1v) is 9.30. The number of furan rings is 1. The first-order valence-electron chi connectivity index (χ1n) is 9.30. The maximum Gasteiger partial charge on any atom is 0.257 e. The Kier molecular flexibility index (Phi) is 4.95. The Morgan fingerprint density at radius 3 is 2.79 bits per heavy atom. The fourth-order valence-corrected chi connectivity index (χ4v) is 3.14. The number of amides is 1. The van der Waals surface area contributed by atoms with Gasteiger partial charge in [0.15, 0.2) is 0 Å². The summed E-state index contributed by atoms with van der Waals surface area (Å²) < 4.78 is 5.55. The quantitative estimate of drug-likeness (QED) is 0.517. The van der Waals surface area contributed by atoms with Gasteiger partial charge in [-0.15, -0.1) is 0 Å². The monoisotopic (exact) mass is 387 g/mol. The highest BCUT2D eigenvalue weighted by atomic mass is 16.3. The molecule has 146 valence electrons. The molecule has 3 heterocycles. The van der Waals surface area contributed by atoms with Crippen molar-refractivity contribution in [3.63, 3.8) is 0 Å². The van der Waals surface area contributed by atoms with Gasteiger partial charge in [-0.2, -0.15) is 4.98 Å². The zero-order valence-electron chi connectivity index (χ0n) is 16.4. The Balaban J connectivity index is 1.53. The van der Waals surface area contributed by atoms with Gasteiger partial charge in [0.2, 0.25) is 5.71 Å². The normalized spacial score (nSPS) is 12.0. The molecule has 1 aromatic carbocycles. The van der Waals surface area contributed by atoms with Gasteiger partial charge in [0.25, 0.3) is 5.91 Å². The molecule has 29 heavy (non-hydrogen) atoms. The minimum atomic E-state index is -0.195. The van der Waals surface area contributed by atoms with Crippen LogP contribution in [0.5, 0.6) is 0 Å². The van der Waals surface area contributed by atoms with Crippen molar-refractivity contribution in [3.05, 3.63) is 77.4 Å². The lowest BCUT2D eigenvalue weighted by Gasteiger charge is -2.17. The van der Waals surface area contributed by atoms with Crippen LogP contribution in [0.4, 0.5) is 11.5 Å². The van der Waals surface area contributed by atoms with Crippen molar-refractivity contribution in [2.45, 2.75) is 26.8 Å². The fraction of sp³-hybridized carbons (Fsp3) is 0.182. The molecule has 1 atom stereocenters. The fourth-order valence-electron chi connectivity index (χ4n) is 3.14. The summed E-state index contributed by atoms with van der Waals surface area (Å²) in [7, 11) is 0. The highest BCUT2D eigenvalue weighted by Gasteiger charge is 2.12. The number of nitrogens with zero attached hydrogens (tertiary/aromatic N) is 3. The first-order chi connectivity index (χ1) is 14.0. The Morgan fingerprint density at radius 1 is 1.14 bits per heavy atom. The van der Waals surface area contributed by atoms with Crippen molar-refractivity contribution in [2.75, 3.05) is 10.6 Å². The number of aryl methyl sites for hydroxylation is 2. The molecule has 0 aliphatic rings. The van der Waals surface area contributed by atoms with E-state index >= 15 is 0 Å². The molecule has 3 aromatic heterocycles. The summed E-state index contributed by atoms with van der Waals surface area (Å²) in [5.41, 5.74) is 4.54. The number of pyridine rings is 1. The van der Waals surface area contributed by atoms with Crippen LogP contribution in [-0.2, 0) is 0 Å². The number of hydrogen-bond donors (Lipinski definition) is 2. The zero-order chi connectivity index (χ0) is 20.4. The van der Waals surface area contributed by atoms with Crippen LogP contribution in [0, 0.1) is 13.8 Å². The van der Waals surface area contributed by atoms with E-state index in [1.54, 1.807) is 30.7 Å². The van der Waals surface area contributed by atoms with Crippen LogP contribution in [0.3, 0.4) is 0 Å². The molecule has 0 spiro atoms. The van der Waals surface area contributed by atoms with Gasteiger partial charge < -0.3 is 15.1 Å². The minimum Gasteiger partial charge on any atom is -0.442 e. The Bertz CT molecular complexity index is 1170. The number of carbonyl (C=O) groups is 1. The molecule has 0 fully saturated rings. The Hall–Kier alpha value is -3.74. The minimum absolute atomic E-state index is 0.0493. The van der Waals surface area contributed by atoms with Gasteiger partial charge in [-0.1, -0.05) is 6.07 Å². The SMILES string of the molecule is Cc1cc(NC(=O)c2cccnc2)cc([C@H](C)Nc2cnc3cc(C)oc3n2)c1. The van der Waals surface area contributed by atoms with Crippen LogP contribution >= 0.6 is 0 Å². The van der Waals surface area contributed by atoms with Crippen LogP contribution < -0.4 is 10.6 Å². The number of benzene rings is 1. The maximum atomic E-state index is 12.4. The maximum absolute atomic E-state index is 12.4. The molecule has 2 N–H and O–H groups in total. The summed E-state index contributed by atoms with van der Waals surface area (Å²) in [6.07, 6.45) is 4.87. The van der Waals surface area contributed by atoms with E-state index in [0.29, 0.717) is 17.1 Å². The van der Waals surface area contributed by atoms with Crippen molar-refractivity contribution < 1.29 is 9.21 Å². The number of aromatic nitrogens is 3. The van der Waals surface area contributed by atoms with Gasteiger partial charge in [-0.3, -0.25) is 9.78 Å². The number of fused-ring (bicyclic) bond motifs is 1. The molecule has 4 rings (SSSR count). The molecule has 0 saturated carbocycles. The van der Waals surface area contributed by atoms with E-state index < -0.39 is 0 Å².